The molecular weight excluding hydrogens is 336 g/mol. The molecule has 0 aliphatic heterocycles. The molecule has 0 saturated heterocycles. The van der Waals surface area contributed by atoms with E-state index in [2.05, 4.69) is 108 Å². The SMILES string of the molecule is CC(C)(C)C1CCc2ccccc2C1(c1cccc2ccccc12)C(C)(C)C. The predicted molar refractivity (Wildman–Crippen MR) is 122 cm³/mol. The Hall–Kier alpha value is -2.08. The van der Waals surface area contributed by atoms with Gasteiger partial charge in [0.1, 0.15) is 0 Å². The lowest BCUT2D eigenvalue weighted by atomic mass is 9.45. The van der Waals surface area contributed by atoms with Crippen LogP contribution in [-0.2, 0) is 11.8 Å². The van der Waals surface area contributed by atoms with Crippen LogP contribution in [0.4, 0.5) is 0 Å². The predicted octanol–water partition coefficient (Wildman–Crippen LogP) is 7.78. The van der Waals surface area contributed by atoms with Crippen molar-refractivity contribution in [3.05, 3.63) is 83.4 Å². The van der Waals surface area contributed by atoms with E-state index in [0.29, 0.717) is 5.92 Å². The molecule has 0 heterocycles. The van der Waals surface area contributed by atoms with Gasteiger partial charge in [-0.25, -0.2) is 0 Å². The third-order valence-corrected chi connectivity index (χ3v) is 7.11. The van der Waals surface area contributed by atoms with Crippen LogP contribution in [0.1, 0.15) is 64.7 Å². The number of rotatable bonds is 1. The largest absolute Gasteiger partial charge is 0.0620 e. The minimum Gasteiger partial charge on any atom is -0.0620 e. The summed E-state index contributed by atoms with van der Waals surface area (Å²) in [5, 5.41) is 2.75. The highest BCUT2D eigenvalue weighted by Gasteiger charge is 2.56. The minimum absolute atomic E-state index is 0.0268. The quantitative estimate of drug-likeness (QED) is 0.410. The second-order valence-corrected chi connectivity index (χ2v) is 10.7. The van der Waals surface area contributed by atoms with Crippen molar-refractivity contribution in [1.29, 1.82) is 0 Å². The van der Waals surface area contributed by atoms with Gasteiger partial charge in [-0.05, 0) is 57.1 Å². The average Bonchev–Trinajstić information content (AvgIpc) is 2.65. The molecule has 0 saturated carbocycles. The average molecular weight is 371 g/mol. The van der Waals surface area contributed by atoms with Crippen LogP contribution in [0, 0.1) is 16.7 Å². The molecule has 1 aliphatic carbocycles. The van der Waals surface area contributed by atoms with Gasteiger partial charge in [-0.1, -0.05) is 108 Å². The van der Waals surface area contributed by atoms with Gasteiger partial charge in [-0.2, -0.15) is 0 Å². The molecule has 0 radical (unpaired) electrons. The summed E-state index contributed by atoms with van der Waals surface area (Å²) in [5.41, 5.74) is 4.87. The van der Waals surface area contributed by atoms with E-state index in [1.165, 1.54) is 34.7 Å². The van der Waals surface area contributed by atoms with Gasteiger partial charge in [0.15, 0.2) is 0 Å². The lowest BCUT2D eigenvalue weighted by molar-refractivity contribution is 0.0475. The minimum atomic E-state index is -0.0268. The highest BCUT2D eigenvalue weighted by molar-refractivity contribution is 5.87. The van der Waals surface area contributed by atoms with Crippen LogP contribution >= 0.6 is 0 Å². The molecule has 3 aromatic carbocycles. The Morgan fingerprint density at radius 2 is 1.32 bits per heavy atom. The third kappa shape index (κ3) is 2.72. The summed E-state index contributed by atoms with van der Waals surface area (Å²) in [6, 6.07) is 25.1. The van der Waals surface area contributed by atoms with Crippen LogP contribution in [0.2, 0.25) is 0 Å². The summed E-state index contributed by atoms with van der Waals surface area (Å²) < 4.78 is 0. The van der Waals surface area contributed by atoms with E-state index in [1.807, 2.05) is 0 Å². The summed E-state index contributed by atoms with van der Waals surface area (Å²) in [6.07, 6.45) is 2.42. The van der Waals surface area contributed by atoms with E-state index in [-0.39, 0.29) is 16.2 Å². The number of hydrogen-bond donors (Lipinski definition) is 0. The van der Waals surface area contributed by atoms with Crippen molar-refractivity contribution in [2.24, 2.45) is 16.7 Å². The molecule has 28 heavy (non-hydrogen) atoms. The molecule has 0 amide bonds. The lowest BCUT2D eigenvalue weighted by Gasteiger charge is -2.58. The molecular formula is C28H34. The molecule has 0 aromatic heterocycles. The van der Waals surface area contributed by atoms with Crippen molar-refractivity contribution >= 4 is 10.8 Å². The van der Waals surface area contributed by atoms with E-state index >= 15 is 0 Å². The number of hydrogen-bond acceptors (Lipinski definition) is 0. The first-order valence-corrected chi connectivity index (χ1v) is 10.7. The fourth-order valence-corrected chi connectivity index (χ4v) is 6.14. The Kier molecular flexibility index (Phi) is 4.45. The molecule has 2 atom stereocenters. The van der Waals surface area contributed by atoms with Crippen LogP contribution in [0.25, 0.3) is 10.8 Å². The zero-order valence-corrected chi connectivity index (χ0v) is 18.3. The van der Waals surface area contributed by atoms with Crippen molar-refractivity contribution in [2.75, 3.05) is 0 Å². The molecule has 0 fully saturated rings. The Bertz CT molecular complexity index is 991. The van der Waals surface area contributed by atoms with E-state index < -0.39 is 0 Å². The zero-order chi connectivity index (χ0) is 20.2. The first kappa shape index (κ1) is 19.2. The monoisotopic (exact) mass is 370 g/mol. The van der Waals surface area contributed by atoms with Gasteiger partial charge < -0.3 is 0 Å². The van der Waals surface area contributed by atoms with E-state index in [1.54, 1.807) is 5.56 Å². The third-order valence-electron chi connectivity index (χ3n) is 7.11. The van der Waals surface area contributed by atoms with Gasteiger partial charge in [0.25, 0.3) is 0 Å². The zero-order valence-electron chi connectivity index (χ0n) is 18.3. The van der Waals surface area contributed by atoms with Crippen molar-refractivity contribution < 1.29 is 0 Å². The molecule has 0 spiro atoms. The summed E-state index contributed by atoms with van der Waals surface area (Å²) in [5.74, 6) is 0.570. The van der Waals surface area contributed by atoms with Crippen LogP contribution in [-0.4, -0.2) is 0 Å². The van der Waals surface area contributed by atoms with Gasteiger partial charge in [-0.15, -0.1) is 0 Å². The van der Waals surface area contributed by atoms with Gasteiger partial charge in [0.2, 0.25) is 0 Å². The number of fused-ring (bicyclic) bond motifs is 2. The van der Waals surface area contributed by atoms with E-state index in [0.717, 1.165) is 0 Å². The summed E-state index contributed by atoms with van der Waals surface area (Å²) >= 11 is 0. The molecule has 0 N–H and O–H groups in total. The Morgan fingerprint density at radius 1 is 0.714 bits per heavy atom. The van der Waals surface area contributed by atoms with Crippen molar-refractivity contribution in [3.63, 3.8) is 0 Å². The molecule has 4 rings (SSSR count). The van der Waals surface area contributed by atoms with Crippen LogP contribution in [0.5, 0.6) is 0 Å². The first-order chi connectivity index (χ1) is 13.2. The molecule has 2 unspecified atom stereocenters. The summed E-state index contributed by atoms with van der Waals surface area (Å²) in [6.45, 7) is 14.7. The molecule has 1 aliphatic rings. The highest BCUT2D eigenvalue weighted by atomic mass is 14.6. The maximum absolute atomic E-state index is 2.45. The topological polar surface area (TPSA) is 0 Å². The lowest BCUT2D eigenvalue weighted by Crippen LogP contribution is -2.54. The van der Waals surface area contributed by atoms with E-state index in [4.69, 9.17) is 0 Å². The molecule has 146 valence electrons. The Labute approximate surface area is 171 Å². The first-order valence-electron chi connectivity index (χ1n) is 10.7. The normalized spacial score (nSPS) is 22.9. The second kappa shape index (κ2) is 6.48. The highest BCUT2D eigenvalue weighted by Crippen LogP contribution is 2.61. The number of benzene rings is 3. The molecule has 0 heteroatoms. The maximum Gasteiger partial charge on any atom is 0.0293 e. The van der Waals surface area contributed by atoms with Gasteiger partial charge in [-0.3, -0.25) is 0 Å². The van der Waals surface area contributed by atoms with Crippen LogP contribution < -0.4 is 0 Å². The summed E-state index contributed by atoms with van der Waals surface area (Å²) in [7, 11) is 0. The van der Waals surface area contributed by atoms with Crippen molar-refractivity contribution in [3.8, 4) is 0 Å². The Balaban J connectivity index is 2.19. The van der Waals surface area contributed by atoms with Crippen molar-refractivity contribution in [2.45, 2.75) is 59.8 Å². The number of aryl methyl sites for hydroxylation is 1. The van der Waals surface area contributed by atoms with Gasteiger partial charge in [0, 0.05) is 5.41 Å². The Morgan fingerprint density at radius 3 is 2.04 bits per heavy atom. The maximum atomic E-state index is 2.45. The van der Waals surface area contributed by atoms with Gasteiger partial charge >= 0.3 is 0 Å². The molecule has 0 nitrogen and oxygen atoms in total. The fourth-order valence-electron chi connectivity index (χ4n) is 6.14. The van der Waals surface area contributed by atoms with Gasteiger partial charge in [0.05, 0.1) is 0 Å². The van der Waals surface area contributed by atoms with Crippen LogP contribution in [0.15, 0.2) is 66.7 Å². The fraction of sp³-hybridized carbons (Fsp3) is 0.429. The van der Waals surface area contributed by atoms with Crippen molar-refractivity contribution in [1.82, 2.24) is 0 Å². The van der Waals surface area contributed by atoms with E-state index in [9.17, 15) is 0 Å². The summed E-state index contributed by atoms with van der Waals surface area (Å²) in [4.78, 5) is 0. The molecule has 3 aromatic rings. The standard InChI is InChI=1S/C28H34/c1-26(2,3)25-19-18-21-13-8-10-16-23(21)28(25,27(4,5)6)24-17-11-14-20-12-7-9-15-22(20)24/h7-17,25H,18-19H2,1-6H3. The second-order valence-electron chi connectivity index (χ2n) is 10.7. The van der Waals surface area contributed by atoms with Crippen LogP contribution in [0.3, 0.4) is 0 Å². The molecule has 0 bridgehead atoms. The smallest absolute Gasteiger partial charge is 0.0293 e.